The molecule has 2 heterocycles. The molecule has 0 atom stereocenters. The zero-order valence-electron chi connectivity index (χ0n) is 14.8. The SMILES string of the molecule is O=C1C=C(Nc2cc(F)ccc2OCCN2CCOCC2)C(=O)N1CCO. The first-order valence-corrected chi connectivity index (χ1v) is 8.76. The van der Waals surface area contributed by atoms with E-state index >= 15 is 0 Å². The van der Waals surface area contributed by atoms with Crippen LogP contribution in [-0.2, 0) is 14.3 Å². The first-order valence-electron chi connectivity index (χ1n) is 8.76. The molecule has 0 unspecified atom stereocenters. The minimum atomic E-state index is -0.572. The van der Waals surface area contributed by atoms with E-state index in [1.165, 1.54) is 18.2 Å². The molecule has 1 fully saturated rings. The third-order valence-electron chi connectivity index (χ3n) is 4.31. The van der Waals surface area contributed by atoms with Gasteiger partial charge in [-0.25, -0.2) is 4.39 Å². The Morgan fingerprint density at radius 1 is 1.22 bits per heavy atom. The maximum Gasteiger partial charge on any atom is 0.277 e. The molecular formula is C18H22FN3O5. The summed E-state index contributed by atoms with van der Waals surface area (Å²) in [6.07, 6.45) is 1.13. The monoisotopic (exact) mass is 379 g/mol. The van der Waals surface area contributed by atoms with Crippen molar-refractivity contribution in [2.75, 3.05) is 57.9 Å². The van der Waals surface area contributed by atoms with Gasteiger partial charge in [0.05, 0.1) is 32.1 Å². The van der Waals surface area contributed by atoms with Crippen molar-refractivity contribution in [3.8, 4) is 5.75 Å². The minimum Gasteiger partial charge on any atom is -0.490 e. The molecule has 0 bridgehead atoms. The molecule has 9 heteroatoms. The summed E-state index contributed by atoms with van der Waals surface area (Å²) in [7, 11) is 0. The summed E-state index contributed by atoms with van der Waals surface area (Å²) in [5.41, 5.74) is 0.271. The molecule has 2 aliphatic rings. The van der Waals surface area contributed by atoms with E-state index in [9.17, 15) is 14.0 Å². The van der Waals surface area contributed by atoms with E-state index in [4.69, 9.17) is 14.6 Å². The fourth-order valence-corrected chi connectivity index (χ4v) is 2.89. The molecule has 1 aromatic rings. The van der Waals surface area contributed by atoms with Gasteiger partial charge in [-0.15, -0.1) is 0 Å². The standard InChI is InChI=1S/C18H22FN3O5/c19-13-1-2-16(27-10-6-21-4-8-26-9-5-21)14(11-13)20-15-12-17(24)22(3-7-23)18(15)25/h1-2,11-12,20,23H,3-10H2. The van der Waals surface area contributed by atoms with E-state index < -0.39 is 17.6 Å². The van der Waals surface area contributed by atoms with Crippen LogP contribution in [0.1, 0.15) is 0 Å². The average molecular weight is 379 g/mol. The summed E-state index contributed by atoms with van der Waals surface area (Å²) in [4.78, 5) is 27.2. The number of ether oxygens (including phenoxy) is 2. The van der Waals surface area contributed by atoms with Crippen LogP contribution in [0.2, 0.25) is 0 Å². The van der Waals surface area contributed by atoms with Crippen LogP contribution >= 0.6 is 0 Å². The number of nitrogens with one attached hydrogen (secondary N) is 1. The van der Waals surface area contributed by atoms with Gasteiger partial charge in [-0.3, -0.25) is 19.4 Å². The van der Waals surface area contributed by atoms with Gasteiger partial charge in [-0.1, -0.05) is 0 Å². The van der Waals surface area contributed by atoms with Gasteiger partial charge in [0.2, 0.25) is 0 Å². The predicted molar refractivity (Wildman–Crippen MR) is 94.7 cm³/mol. The van der Waals surface area contributed by atoms with Crippen molar-refractivity contribution in [2.24, 2.45) is 0 Å². The number of rotatable bonds is 8. The Labute approximate surface area is 156 Å². The Hall–Kier alpha value is -2.49. The van der Waals surface area contributed by atoms with Gasteiger partial charge in [0.15, 0.2) is 0 Å². The minimum absolute atomic E-state index is 0.0112. The first kappa shape index (κ1) is 19.3. The van der Waals surface area contributed by atoms with E-state index in [0.717, 1.165) is 24.1 Å². The molecule has 3 rings (SSSR count). The highest BCUT2D eigenvalue weighted by Gasteiger charge is 2.31. The zero-order valence-corrected chi connectivity index (χ0v) is 14.8. The normalized spacial score (nSPS) is 18.0. The highest BCUT2D eigenvalue weighted by atomic mass is 19.1. The third-order valence-corrected chi connectivity index (χ3v) is 4.31. The smallest absolute Gasteiger partial charge is 0.277 e. The number of hydrogen-bond donors (Lipinski definition) is 2. The second-order valence-electron chi connectivity index (χ2n) is 6.14. The number of morpholine rings is 1. The molecule has 0 spiro atoms. The lowest BCUT2D eigenvalue weighted by atomic mass is 10.2. The highest BCUT2D eigenvalue weighted by molar-refractivity contribution is 6.17. The van der Waals surface area contributed by atoms with Gasteiger partial charge in [0, 0.05) is 31.8 Å². The number of hydrogen-bond acceptors (Lipinski definition) is 7. The lowest BCUT2D eigenvalue weighted by Gasteiger charge is -2.26. The van der Waals surface area contributed by atoms with Gasteiger partial charge in [0.1, 0.15) is 23.9 Å². The molecule has 0 radical (unpaired) electrons. The molecule has 0 aliphatic carbocycles. The predicted octanol–water partition coefficient (Wildman–Crippen LogP) is 0.194. The van der Waals surface area contributed by atoms with Gasteiger partial charge in [-0.05, 0) is 12.1 Å². The van der Waals surface area contributed by atoms with Crippen LogP contribution in [0.3, 0.4) is 0 Å². The van der Waals surface area contributed by atoms with Crippen molar-refractivity contribution < 1.29 is 28.6 Å². The molecule has 0 saturated carbocycles. The largest absolute Gasteiger partial charge is 0.490 e. The van der Waals surface area contributed by atoms with Gasteiger partial charge in [0.25, 0.3) is 11.8 Å². The molecule has 8 nitrogen and oxygen atoms in total. The van der Waals surface area contributed by atoms with E-state index in [-0.39, 0.29) is 24.5 Å². The Kier molecular flexibility index (Phi) is 6.38. The number of benzene rings is 1. The zero-order chi connectivity index (χ0) is 19.2. The number of aliphatic hydroxyl groups excluding tert-OH is 1. The molecule has 1 aromatic carbocycles. The van der Waals surface area contributed by atoms with Crippen LogP contribution in [0.25, 0.3) is 0 Å². The van der Waals surface area contributed by atoms with E-state index in [1.807, 2.05) is 0 Å². The summed E-state index contributed by atoms with van der Waals surface area (Å²) in [6.45, 7) is 3.73. The van der Waals surface area contributed by atoms with E-state index in [1.54, 1.807) is 0 Å². The number of aliphatic hydroxyl groups is 1. The summed E-state index contributed by atoms with van der Waals surface area (Å²) < 4.78 is 24.7. The van der Waals surface area contributed by atoms with Crippen LogP contribution in [-0.4, -0.2) is 79.3 Å². The molecule has 27 heavy (non-hydrogen) atoms. The quantitative estimate of drug-likeness (QED) is 0.623. The number of amides is 2. The van der Waals surface area contributed by atoms with Crippen molar-refractivity contribution >= 4 is 17.5 Å². The van der Waals surface area contributed by atoms with Gasteiger partial charge < -0.3 is 19.9 Å². The van der Waals surface area contributed by atoms with Crippen molar-refractivity contribution in [3.05, 3.63) is 35.8 Å². The fraction of sp³-hybridized carbons (Fsp3) is 0.444. The molecular weight excluding hydrogens is 357 g/mol. The average Bonchev–Trinajstić information content (AvgIpc) is 2.92. The number of carbonyl (C=O) groups is 2. The number of halogens is 1. The van der Waals surface area contributed by atoms with Crippen molar-refractivity contribution in [1.82, 2.24) is 9.80 Å². The Bertz CT molecular complexity index is 734. The maximum absolute atomic E-state index is 13.7. The third kappa shape index (κ3) is 4.82. The maximum atomic E-state index is 13.7. The van der Waals surface area contributed by atoms with E-state index in [2.05, 4.69) is 10.2 Å². The number of carbonyl (C=O) groups excluding carboxylic acids is 2. The summed E-state index contributed by atoms with van der Waals surface area (Å²) in [5, 5.41) is 11.7. The number of β-amino-alcohol motifs (C(OH)–C–C–N with tert-alkyl or cyclic N) is 1. The van der Waals surface area contributed by atoms with Crippen LogP contribution in [0.4, 0.5) is 10.1 Å². The van der Waals surface area contributed by atoms with Gasteiger partial charge in [-0.2, -0.15) is 0 Å². The second-order valence-corrected chi connectivity index (χ2v) is 6.14. The lowest BCUT2D eigenvalue weighted by Crippen LogP contribution is -2.38. The second kappa shape index (κ2) is 8.94. The summed E-state index contributed by atoms with van der Waals surface area (Å²) in [5.74, 6) is -1.21. The van der Waals surface area contributed by atoms with Crippen LogP contribution in [0.5, 0.6) is 5.75 Å². The molecule has 2 amide bonds. The Balaban J connectivity index is 1.64. The molecule has 2 N–H and O–H groups in total. The molecule has 1 saturated heterocycles. The Morgan fingerprint density at radius 2 is 2.00 bits per heavy atom. The van der Waals surface area contributed by atoms with E-state index in [0.29, 0.717) is 32.1 Å². The summed E-state index contributed by atoms with van der Waals surface area (Å²) >= 11 is 0. The molecule has 2 aliphatic heterocycles. The van der Waals surface area contributed by atoms with Crippen molar-refractivity contribution in [3.63, 3.8) is 0 Å². The lowest BCUT2D eigenvalue weighted by molar-refractivity contribution is -0.137. The number of nitrogens with zero attached hydrogens (tertiary/aromatic N) is 2. The Morgan fingerprint density at radius 3 is 2.74 bits per heavy atom. The molecule has 0 aromatic heterocycles. The first-order chi connectivity index (χ1) is 13.1. The number of imide groups is 1. The van der Waals surface area contributed by atoms with Gasteiger partial charge >= 0.3 is 0 Å². The molecule has 146 valence electrons. The van der Waals surface area contributed by atoms with Crippen LogP contribution < -0.4 is 10.1 Å². The van der Waals surface area contributed by atoms with Crippen LogP contribution in [0.15, 0.2) is 30.0 Å². The van der Waals surface area contributed by atoms with Crippen molar-refractivity contribution in [1.29, 1.82) is 0 Å². The highest BCUT2D eigenvalue weighted by Crippen LogP contribution is 2.28. The topological polar surface area (TPSA) is 91.3 Å². The van der Waals surface area contributed by atoms with Crippen molar-refractivity contribution in [2.45, 2.75) is 0 Å². The fourth-order valence-electron chi connectivity index (χ4n) is 2.89. The number of anilines is 1. The summed E-state index contributed by atoms with van der Waals surface area (Å²) in [6, 6.07) is 3.95. The van der Waals surface area contributed by atoms with Crippen LogP contribution in [0, 0.1) is 5.82 Å².